The van der Waals surface area contributed by atoms with Gasteiger partial charge in [-0.15, -0.1) is 0 Å². The molecule has 164 valence electrons. The summed E-state index contributed by atoms with van der Waals surface area (Å²) in [5.41, 5.74) is 0.795. The van der Waals surface area contributed by atoms with Gasteiger partial charge in [-0.05, 0) is 65.2 Å². The molecule has 0 fully saturated rings. The van der Waals surface area contributed by atoms with Crippen molar-refractivity contribution in [2.45, 2.75) is 38.5 Å². The van der Waals surface area contributed by atoms with Crippen LogP contribution in [0.15, 0.2) is 40.9 Å². The van der Waals surface area contributed by atoms with Gasteiger partial charge in [0.2, 0.25) is 0 Å². The monoisotopic (exact) mass is 448 g/mol. The molecule has 31 heavy (non-hydrogen) atoms. The fraction of sp³-hybridized carbons (Fsp3) is 0.381. The average molecular weight is 449 g/mol. The van der Waals surface area contributed by atoms with Gasteiger partial charge in [0.1, 0.15) is 23.5 Å². The van der Waals surface area contributed by atoms with E-state index in [9.17, 15) is 19.6 Å². The highest BCUT2D eigenvalue weighted by atomic mass is 35.5. The molecule has 1 atom stereocenters. The van der Waals surface area contributed by atoms with Crippen LogP contribution in [-0.4, -0.2) is 43.2 Å². The first kappa shape index (κ1) is 21.5. The summed E-state index contributed by atoms with van der Waals surface area (Å²) in [5, 5.41) is 21.6. The van der Waals surface area contributed by atoms with Crippen molar-refractivity contribution in [3.05, 3.63) is 69.1 Å². The van der Waals surface area contributed by atoms with Gasteiger partial charge in [0.15, 0.2) is 0 Å². The van der Waals surface area contributed by atoms with Crippen molar-refractivity contribution >= 4 is 17.4 Å². The predicted molar refractivity (Wildman–Crippen MR) is 112 cm³/mol. The van der Waals surface area contributed by atoms with E-state index in [0.29, 0.717) is 19.5 Å². The third-order valence-corrected chi connectivity index (χ3v) is 5.76. The van der Waals surface area contributed by atoms with Gasteiger partial charge in [-0.25, -0.2) is 4.39 Å². The number of aromatic nitrogens is 2. The highest BCUT2D eigenvalue weighted by Gasteiger charge is 2.28. The molecule has 0 saturated heterocycles. The van der Waals surface area contributed by atoms with E-state index in [-0.39, 0.29) is 23.5 Å². The first-order valence-corrected chi connectivity index (χ1v) is 10.3. The molecule has 3 heterocycles. The summed E-state index contributed by atoms with van der Waals surface area (Å²) in [4.78, 5) is 16.1. The number of hydrogen-bond donors (Lipinski definition) is 1. The van der Waals surface area contributed by atoms with Crippen molar-refractivity contribution < 1.29 is 18.8 Å². The summed E-state index contributed by atoms with van der Waals surface area (Å²) in [7, 11) is 0. The Morgan fingerprint density at radius 2 is 2.13 bits per heavy atom. The molecule has 8 nitrogen and oxygen atoms in total. The van der Waals surface area contributed by atoms with Gasteiger partial charge in [-0.2, -0.15) is 0 Å². The van der Waals surface area contributed by atoms with E-state index in [1.165, 1.54) is 22.9 Å². The summed E-state index contributed by atoms with van der Waals surface area (Å²) in [6, 6.07) is 8.19. The van der Waals surface area contributed by atoms with Gasteiger partial charge in [0.05, 0.1) is 12.1 Å². The second-order valence-electron chi connectivity index (χ2n) is 8.09. The van der Waals surface area contributed by atoms with E-state index >= 15 is 0 Å². The molecule has 1 aromatic carbocycles. The van der Waals surface area contributed by atoms with Crippen LogP contribution in [0.1, 0.15) is 24.7 Å². The van der Waals surface area contributed by atoms with Crippen molar-refractivity contribution in [1.29, 1.82) is 0 Å². The van der Waals surface area contributed by atoms with Crippen LogP contribution in [-0.2, 0) is 19.5 Å². The fourth-order valence-corrected chi connectivity index (χ4v) is 3.96. The van der Waals surface area contributed by atoms with E-state index in [0.717, 1.165) is 35.6 Å². The maximum Gasteiger partial charge on any atom is 0.383 e. The molecule has 0 amide bonds. The van der Waals surface area contributed by atoms with E-state index in [1.807, 2.05) is 6.07 Å². The van der Waals surface area contributed by atoms with Gasteiger partial charge >= 0.3 is 11.1 Å². The Balaban J connectivity index is 1.37. The number of furan rings is 1. The maximum atomic E-state index is 13.2. The minimum Gasteiger partial charge on any atom is -0.461 e. The lowest BCUT2D eigenvalue weighted by molar-refractivity contribution is -0.389. The Morgan fingerprint density at radius 3 is 2.81 bits per heavy atom. The lowest BCUT2D eigenvalue weighted by Crippen LogP contribution is -2.38. The van der Waals surface area contributed by atoms with Crippen LogP contribution in [0.4, 0.5) is 10.2 Å². The average Bonchev–Trinajstić information content (AvgIpc) is 3.30. The molecule has 0 saturated carbocycles. The third-order valence-electron chi connectivity index (χ3n) is 5.45. The van der Waals surface area contributed by atoms with Crippen LogP contribution < -0.4 is 0 Å². The smallest absolute Gasteiger partial charge is 0.383 e. The number of benzene rings is 1. The molecule has 0 bridgehead atoms. The number of halogens is 2. The van der Waals surface area contributed by atoms with Gasteiger partial charge in [0, 0.05) is 37.2 Å². The number of rotatable bonds is 7. The maximum absolute atomic E-state index is 13.2. The Bertz CT molecular complexity index is 1090. The van der Waals surface area contributed by atoms with E-state index in [4.69, 9.17) is 16.0 Å². The van der Waals surface area contributed by atoms with Crippen LogP contribution in [0.5, 0.6) is 0 Å². The molecular formula is C21H22ClFN4O4. The standard InChI is InChI=1S/C21H22ClFN4O4/c1-21(28,13-26-12-19(27(29)30)24-20(26)22)7-9-25-8-6-17-15(11-25)10-18(31-17)14-2-4-16(23)5-3-14/h2-5,10,12,28H,6-9,11,13H2,1H3. The molecule has 10 heteroatoms. The summed E-state index contributed by atoms with van der Waals surface area (Å²) in [5.74, 6) is 1.01. The number of nitro groups is 1. The molecule has 2 aromatic heterocycles. The normalized spacial score (nSPS) is 16.1. The van der Waals surface area contributed by atoms with Gasteiger partial charge in [-0.1, -0.05) is 0 Å². The van der Waals surface area contributed by atoms with Crippen molar-refractivity contribution in [1.82, 2.24) is 14.5 Å². The van der Waals surface area contributed by atoms with Gasteiger partial charge in [-0.3, -0.25) is 9.47 Å². The zero-order chi connectivity index (χ0) is 22.2. The molecule has 0 aliphatic carbocycles. The molecular weight excluding hydrogens is 427 g/mol. The van der Waals surface area contributed by atoms with E-state index in [1.54, 1.807) is 19.1 Å². The SMILES string of the molecule is CC(O)(CCN1CCc2oc(-c3ccc(F)cc3)cc2C1)Cn1cc([N+](=O)[O-])nc1Cl. The molecule has 1 aliphatic heterocycles. The van der Waals surface area contributed by atoms with Crippen LogP contribution in [0.25, 0.3) is 11.3 Å². The molecule has 1 unspecified atom stereocenters. The van der Waals surface area contributed by atoms with Gasteiger partial charge in [0.25, 0.3) is 0 Å². The summed E-state index contributed by atoms with van der Waals surface area (Å²) < 4.78 is 20.5. The number of nitrogens with zero attached hydrogens (tertiary/aromatic N) is 4. The number of aliphatic hydroxyl groups is 1. The Kier molecular flexibility index (Phi) is 5.83. The van der Waals surface area contributed by atoms with Crippen LogP contribution in [0.3, 0.4) is 0 Å². The first-order chi connectivity index (χ1) is 14.7. The molecule has 3 aromatic rings. The summed E-state index contributed by atoms with van der Waals surface area (Å²) >= 11 is 5.96. The van der Waals surface area contributed by atoms with Crippen molar-refractivity contribution in [3.8, 4) is 11.3 Å². The second-order valence-corrected chi connectivity index (χ2v) is 8.43. The minimum atomic E-state index is -1.12. The molecule has 1 aliphatic rings. The highest BCUT2D eigenvalue weighted by Crippen LogP contribution is 2.30. The van der Waals surface area contributed by atoms with Gasteiger partial charge < -0.3 is 19.6 Å². The second kappa shape index (κ2) is 8.41. The fourth-order valence-electron chi connectivity index (χ4n) is 3.76. The lowest BCUT2D eigenvalue weighted by Gasteiger charge is -2.30. The van der Waals surface area contributed by atoms with Crippen molar-refractivity contribution in [2.24, 2.45) is 0 Å². The first-order valence-electron chi connectivity index (χ1n) is 9.89. The molecule has 1 N–H and O–H groups in total. The zero-order valence-corrected chi connectivity index (χ0v) is 17.7. The van der Waals surface area contributed by atoms with Crippen molar-refractivity contribution in [3.63, 3.8) is 0 Å². The summed E-state index contributed by atoms with van der Waals surface area (Å²) in [6.07, 6.45) is 2.43. The van der Waals surface area contributed by atoms with Crippen molar-refractivity contribution in [2.75, 3.05) is 13.1 Å². The number of imidazole rings is 1. The number of fused-ring (bicyclic) bond motifs is 1. The minimum absolute atomic E-state index is 0.0266. The topological polar surface area (TPSA) is 97.6 Å². The Labute approximate surface area is 183 Å². The lowest BCUT2D eigenvalue weighted by atomic mass is 10.0. The van der Waals surface area contributed by atoms with E-state index < -0.39 is 10.5 Å². The van der Waals surface area contributed by atoms with Crippen LogP contribution in [0, 0.1) is 15.9 Å². The number of hydrogen-bond acceptors (Lipinski definition) is 6. The highest BCUT2D eigenvalue weighted by molar-refractivity contribution is 6.28. The quantitative estimate of drug-likeness (QED) is 0.432. The van der Waals surface area contributed by atoms with Crippen LogP contribution >= 0.6 is 11.6 Å². The third kappa shape index (κ3) is 4.95. The van der Waals surface area contributed by atoms with Crippen LogP contribution in [0.2, 0.25) is 5.28 Å². The summed E-state index contributed by atoms with van der Waals surface area (Å²) in [6.45, 7) is 3.89. The largest absolute Gasteiger partial charge is 0.461 e. The zero-order valence-electron chi connectivity index (χ0n) is 16.9. The predicted octanol–water partition coefficient (Wildman–Crippen LogP) is 4.04. The Hall–Kier alpha value is -2.75. The molecule has 4 rings (SSSR count). The van der Waals surface area contributed by atoms with E-state index in [2.05, 4.69) is 9.88 Å². The molecule has 0 radical (unpaired) electrons. The molecule has 0 spiro atoms. The Morgan fingerprint density at radius 1 is 1.39 bits per heavy atom.